The monoisotopic (exact) mass is 233 g/mol. The molecular weight excluding hydrogens is 223 g/mol. The van der Waals surface area contributed by atoms with E-state index in [1.54, 1.807) is 0 Å². The number of ether oxygens (including phenoxy) is 2. The van der Waals surface area contributed by atoms with Gasteiger partial charge in [0.15, 0.2) is 11.5 Å². The minimum Gasteiger partial charge on any atom is -0.486 e. The van der Waals surface area contributed by atoms with Gasteiger partial charge in [0.05, 0.1) is 0 Å². The van der Waals surface area contributed by atoms with Gasteiger partial charge < -0.3 is 15.2 Å². The lowest BCUT2D eigenvalue weighted by atomic mass is 10.1. The molecule has 0 fully saturated rings. The molecule has 1 heterocycles. The zero-order valence-corrected chi connectivity index (χ0v) is 8.30. The Bertz CT molecular complexity index is 404. The van der Waals surface area contributed by atoms with Crippen LogP contribution in [0, 0.1) is 0 Å². The maximum atomic E-state index is 12.6. The summed E-state index contributed by atoms with van der Waals surface area (Å²) in [5.74, 6) is -0.134. The van der Waals surface area contributed by atoms with Crippen molar-refractivity contribution < 1.29 is 22.6 Å². The first-order chi connectivity index (χ1) is 7.54. The van der Waals surface area contributed by atoms with Gasteiger partial charge in [0.2, 0.25) is 0 Å². The lowest BCUT2D eigenvalue weighted by molar-refractivity contribution is -0.139. The van der Waals surface area contributed by atoms with Crippen LogP contribution in [-0.2, 0) is 12.7 Å². The van der Waals surface area contributed by atoms with E-state index in [2.05, 4.69) is 0 Å². The van der Waals surface area contributed by atoms with Crippen LogP contribution in [0.2, 0.25) is 0 Å². The number of fused-ring (bicyclic) bond motifs is 1. The lowest BCUT2D eigenvalue weighted by Gasteiger charge is -2.24. The summed E-state index contributed by atoms with van der Waals surface area (Å²) in [5.41, 5.74) is 5.11. The zero-order chi connectivity index (χ0) is 11.8. The SMILES string of the molecule is NCc1ccc(C(F)(F)F)c2c1OCCO2. The van der Waals surface area contributed by atoms with Gasteiger partial charge in [-0.1, -0.05) is 6.07 Å². The zero-order valence-electron chi connectivity index (χ0n) is 8.30. The highest BCUT2D eigenvalue weighted by Crippen LogP contribution is 2.44. The van der Waals surface area contributed by atoms with Crippen LogP contribution < -0.4 is 15.2 Å². The van der Waals surface area contributed by atoms with E-state index in [9.17, 15) is 13.2 Å². The second kappa shape index (κ2) is 3.86. The van der Waals surface area contributed by atoms with Gasteiger partial charge in [0.1, 0.15) is 18.8 Å². The number of benzene rings is 1. The molecule has 0 atom stereocenters. The van der Waals surface area contributed by atoms with Gasteiger partial charge in [0.25, 0.3) is 0 Å². The third kappa shape index (κ3) is 1.80. The van der Waals surface area contributed by atoms with Crippen LogP contribution in [0.3, 0.4) is 0 Å². The van der Waals surface area contributed by atoms with Crippen LogP contribution in [0.15, 0.2) is 12.1 Å². The summed E-state index contributed by atoms with van der Waals surface area (Å²) in [7, 11) is 0. The van der Waals surface area contributed by atoms with Crippen molar-refractivity contribution in [2.75, 3.05) is 13.2 Å². The summed E-state index contributed by atoms with van der Waals surface area (Å²) in [6, 6.07) is 2.28. The van der Waals surface area contributed by atoms with E-state index >= 15 is 0 Å². The molecule has 1 aliphatic heterocycles. The molecule has 0 spiro atoms. The van der Waals surface area contributed by atoms with Gasteiger partial charge in [-0.15, -0.1) is 0 Å². The molecule has 0 aliphatic carbocycles. The van der Waals surface area contributed by atoms with Crippen molar-refractivity contribution in [2.24, 2.45) is 5.73 Å². The number of alkyl halides is 3. The van der Waals surface area contributed by atoms with E-state index in [0.29, 0.717) is 5.56 Å². The number of hydrogen-bond acceptors (Lipinski definition) is 3. The summed E-state index contributed by atoms with van der Waals surface area (Å²) in [6.07, 6.45) is -4.45. The van der Waals surface area contributed by atoms with E-state index in [4.69, 9.17) is 15.2 Å². The van der Waals surface area contributed by atoms with Crippen molar-refractivity contribution in [1.82, 2.24) is 0 Å². The molecule has 0 aromatic heterocycles. The molecule has 0 saturated heterocycles. The average molecular weight is 233 g/mol. The molecule has 16 heavy (non-hydrogen) atoms. The minimum absolute atomic E-state index is 0.114. The maximum Gasteiger partial charge on any atom is 0.420 e. The highest BCUT2D eigenvalue weighted by molar-refractivity contribution is 5.53. The highest BCUT2D eigenvalue weighted by Gasteiger charge is 2.37. The van der Waals surface area contributed by atoms with Crippen LogP contribution >= 0.6 is 0 Å². The summed E-state index contributed by atoms with van der Waals surface area (Å²) >= 11 is 0. The fourth-order valence-corrected chi connectivity index (χ4v) is 1.58. The largest absolute Gasteiger partial charge is 0.486 e. The Morgan fingerprint density at radius 3 is 2.31 bits per heavy atom. The molecule has 0 radical (unpaired) electrons. The molecule has 1 aromatic carbocycles. The average Bonchev–Trinajstić information content (AvgIpc) is 2.26. The van der Waals surface area contributed by atoms with E-state index in [0.717, 1.165) is 6.07 Å². The molecule has 1 aromatic rings. The van der Waals surface area contributed by atoms with Crippen molar-refractivity contribution >= 4 is 0 Å². The first-order valence-corrected chi connectivity index (χ1v) is 4.73. The Labute approximate surface area is 89.9 Å². The number of hydrogen-bond donors (Lipinski definition) is 1. The molecule has 0 bridgehead atoms. The second-order valence-electron chi connectivity index (χ2n) is 3.33. The Balaban J connectivity index is 2.57. The van der Waals surface area contributed by atoms with Crippen LogP contribution in [0.5, 0.6) is 11.5 Å². The standard InChI is InChI=1S/C10H10F3NO2/c11-10(12,13)7-2-1-6(5-14)8-9(7)16-4-3-15-8/h1-2H,3-5,14H2. The Kier molecular flexibility index (Phi) is 2.67. The number of nitrogens with two attached hydrogens (primary N) is 1. The summed E-state index contributed by atoms with van der Waals surface area (Å²) in [5, 5.41) is 0. The van der Waals surface area contributed by atoms with Crippen LogP contribution in [0.1, 0.15) is 11.1 Å². The molecule has 2 N–H and O–H groups in total. The second-order valence-corrected chi connectivity index (χ2v) is 3.33. The molecule has 1 aliphatic rings. The predicted molar refractivity (Wildman–Crippen MR) is 50.3 cm³/mol. The van der Waals surface area contributed by atoms with Gasteiger partial charge in [-0.2, -0.15) is 13.2 Å². The quantitative estimate of drug-likeness (QED) is 0.806. The van der Waals surface area contributed by atoms with Crippen molar-refractivity contribution in [3.63, 3.8) is 0 Å². The van der Waals surface area contributed by atoms with Crippen molar-refractivity contribution in [3.8, 4) is 11.5 Å². The molecule has 2 rings (SSSR count). The van der Waals surface area contributed by atoms with Crippen molar-refractivity contribution in [3.05, 3.63) is 23.3 Å². The fourth-order valence-electron chi connectivity index (χ4n) is 1.58. The molecule has 0 amide bonds. The minimum atomic E-state index is -4.45. The number of halogens is 3. The normalized spacial score (nSPS) is 15.0. The fraction of sp³-hybridized carbons (Fsp3) is 0.400. The Hall–Kier alpha value is -1.43. The lowest BCUT2D eigenvalue weighted by Crippen LogP contribution is -2.21. The third-order valence-corrected chi connectivity index (χ3v) is 2.30. The molecule has 88 valence electrons. The molecule has 0 saturated carbocycles. The van der Waals surface area contributed by atoms with Gasteiger partial charge in [-0.05, 0) is 6.07 Å². The van der Waals surface area contributed by atoms with E-state index < -0.39 is 11.7 Å². The van der Waals surface area contributed by atoms with Crippen molar-refractivity contribution in [2.45, 2.75) is 12.7 Å². The van der Waals surface area contributed by atoms with Crippen LogP contribution in [-0.4, -0.2) is 13.2 Å². The maximum absolute atomic E-state index is 12.6. The molecule has 3 nitrogen and oxygen atoms in total. The third-order valence-electron chi connectivity index (χ3n) is 2.30. The predicted octanol–water partition coefficient (Wildman–Crippen LogP) is 1.94. The Morgan fingerprint density at radius 2 is 1.75 bits per heavy atom. The van der Waals surface area contributed by atoms with E-state index in [1.807, 2.05) is 0 Å². The molecule has 6 heteroatoms. The Morgan fingerprint density at radius 1 is 1.12 bits per heavy atom. The van der Waals surface area contributed by atoms with Gasteiger partial charge in [-0.25, -0.2) is 0 Å². The summed E-state index contributed by atoms with van der Waals surface area (Å²) < 4.78 is 48.1. The van der Waals surface area contributed by atoms with Crippen molar-refractivity contribution in [1.29, 1.82) is 0 Å². The topological polar surface area (TPSA) is 44.5 Å². The van der Waals surface area contributed by atoms with Gasteiger partial charge in [-0.3, -0.25) is 0 Å². The van der Waals surface area contributed by atoms with Gasteiger partial charge in [0, 0.05) is 12.1 Å². The number of rotatable bonds is 1. The smallest absolute Gasteiger partial charge is 0.420 e. The van der Waals surface area contributed by atoms with Gasteiger partial charge >= 0.3 is 6.18 Å². The van der Waals surface area contributed by atoms with E-state index in [-0.39, 0.29) is 31.3 Å². The van der Waals surface area contributed by atoms with E-state index in [1.165, 1.54) is 6.07 Å². The molecule has 0 unspecified atom stereocenters. The summed E-state index contributed by atoms with van der Waals surface area (Å²) in [6.45, 7) is 0.468. The van der Waals surface area contributed by atoms with Crippen LogP contribution in [0.4, 0.5) is 13.2 Å². The first-order valence-electron chi connectivity index (χ1n) is 4.73. The molecular formula is C10H10F3NO2. The first kappa shape index (κ1) is 11.1. The van der Waals surface area contributed by atoms with Crippen LogP contribution in [0.25, 0.3) is 0 Å². The summed E-state index contributed by atoms with van der Waals surface area (Å²) in [4.78, 5) is 0. The highest BCUT2D eigenvalue weighted by atomic mass is 19.4.